The second-order valence-corrected chi connectivity index (χ2v) is 6.10. The van der Waals surface area contributed by atoms with Crippen LogP contribution in [0.2, 0.25) is 0 Å². The van der Waals surface area contributed by atoms with Crippen LogP contribution in [-0.2, 0) is 4.79 Å². The normalized spacial score (nSPS) is 31.0. The summed E-state index contributed by atoms with van der Waals surface area (Å²) in [6.45, 7) is 7.09. The van der Waals surface area contributed by atoms with Crippen LogP contribution in [0.1, 0.15) is 46.0 Å². The van der Waals surface area contributed by atoms with Crippen LogP contribution in [0.15, 0.2) is 0 Å². The maximum Gasteiger partial charge on any atom is 0.381 e. The Bertz CT molecular complexity index is 366. The highest BCUT2D eigenvalue weighted by molar-refractivity contribution is 5.86. The van der Waals surface area contributed by atoms with Crippen molar-refractivity contribution in [1.29, 1.82) is 0 Å². The van der Waals surface area contributed by atoms with Gasteiger partial charge >= 0.3 is 5.97 Å². The van der Waals surface area contributed by atoms with Gasteiger partial charge in [0.15, 0.2) is 0 Å². The van der Waals surface area contributed by atoms with Gasteiger partial charge in [-0.3, -0.25) is 0 Å². The Morgan fingerprint density at radius 2 is 2.00 bits per heavy atom. The minimum Gasteiger partial charge on any atom is -0.472 e. The van der Waals surface area contributed by atoms with Crippen LogP contribution < -0.4 is 0 Å². The lowest BCUT2D eigenvalue weighted by molar-refractivity contribution is -0.130. The Hall–Kier alpha value is -1.01. The Balaban J connectivity index is 1.74. The first kappa shape index (κ1) is 13.4. The lowest BCUT2D eigenvalue weighted by Crippen LogP contribution is -2.49. The van der Waals surface area contributed by atoms with E-state index in [1.807, 2.05) is 0 Å². The molecule has 2 fully saturated rings. The Labute approximate surface area is 110 Å². The van der Waals surface area contributed by atoms with Crippen LogP contribution >= 0.6 is 0 Å². The van der Waals surface area contributed by atoms with E-state index >= 15 is 0 Å². The molecule has 0 aromatic rings. The molecule has 18 heavy (non-hydrogen) atoms. The fraction of sp³-hybridized carbons (Fsp3) is 0.800. The molecule has 0 aromatic carbocycles. The summed E-state index contributed by atoms with van der Waals surface area (Å²) >= 11 is 0. The molecule has 1 aliphatic carbocycles. The minimum absolute atomic E-state index is 0.311. The number of hydrogen-bond donors (Lipinski definition) is 1. The number of nitrogens with zero attached hydrogens (tertiary/aromatic N) is 1. The molecule has 0 aromatic heterocycles. The van der Waals surface area contributed by atoms with Crippen LogP contribution in [0.3, 0.4) is 0 Å². The molecule has 1 aliphatic heterocycles. The molecule has 100 valence electrons. The number of carboxylic acids is 1. The van der Waals surface area contributed by atoms with Crippen molar-refractivity contribution in [1.82, 2.24) is 4.90 Å². The number of hydrogen-bond acceptors (Lipinski definition) is 2. The quantitative estimate of drug-likeness (QED) is 0.764. The summed E-state index contributed by atoms with van der Waals surface area (Å²) in [5.41, 5.74) is 0.544. The van der Waals surface area contributed by atoms with Gasteiger partial charge in [0.1, 0.15) is 0 Å². The zero-order valence-corrected chi connectivity index (χ0v) is 11.4. The van der Waals surface area contributed by atoms with E-state index in [4.69, 9.17) is 5.11 Å². The average molecular weight is 249 g/mol. The van der Waals surface area contributed by atoms with E-state index < -0.39 is 5.97 Å². The molecule has 2 aliphatic rings. The predicted octanol–water partition coefficient (Wildman–Crippen LogP) is 2.37. The van der Waals surface area contributed by atoms with Gasteiger partial charge in [0.25, 0.3) is 0 Å². The van der Waals surface area contributed by atoms with Gasteiger partial charge in [-0.15, -0.1) is 0 Å². The van der Waals surface area contributed by atoms with Crippen LogP contribution in [0.5, 0.6) is 0 Å². The molecule has 1 N–H and O–H groups in total. The van der Waals surface area contributed by atoms with E-state index in [2.05, 4.69) is 30.6 Å². The van der Waals surface area contributed by atoms with Crippen LogP contribution in [0.4, 0.5) is 0 Å². The smallest absolute Gasteiger partial charge is 0.381 e. The number of carboxylic acid groups (broad SMARTS) is 1. The minimum atomic E-state index is -1.00. The molecule has 0 spiro atoms. The molecule has 0 radical (unpaired) electrons. The maximum absolute atomic E-state index is 10.3. The van der Waals surface area contributed by atoms with Crippen molar-refractivity contribution in [3.8, 4) is 11.8 Å². The van der Waals surface area contributed by atoms with E-state index in [0.29, 0.717) is 17.4 Å². The molecule has 0 unspecified atom stereocenters. The second-order valence-electron chi connectivity index (χ2n) is 6.10. The Morgan fingerprint density at radius 3 is 2.50 bits per heavy atom. The van der Waals surface area contributed by atoms with Crippen LogP contribution in [0.25, 0.3) is 0 Å². The molecule has 3 heteroatoms. The predicted molar refractivity (Wildman–Crippen MR) is 71.1 cm³/mol. The number of likely N-dealkylation sites (tertiary alicyclic amines) is 1. The van der Waals surface area contributed by atoms with Crippen molar-refractivity contribution in [2.45, 2.75) is 52.0 Å². The second kappa shape index (κ2) is 5.32. The summed E-state index contributed by atoms with van der Waals surface area (Å²) in [5, 5.41) is 8.50. The third-order valence-corrected chi connectivity index (χ3v) is 4.87. The van der Waals surface area contributed by atoms with E-state index in [1.165, 1.54) is 32.4 Å². The van der Waals surface area contributed by atoms with Crippen molar-refractivity contribution in [3.63, 3.8) is 0 Å². The van der Waals surface area contributed by atoms with Crippen molar-refractivity contribution < 1.29 is 9.90 Å². The number of piperidine rings is 1. The van der Waals surface area contributed by atoms with E-state index in [9.17, 15) is 4.79 Å². The lowest BCUT2D eigenvalue weighted by atomic mass is 9.74. The molecule has 0 amide bonds. The zero-order chi connectivity index (χ0) is 13.2. The summed E-state index contributed by atoms with van der Waals surface area (Å²) in [5.74, 6) is 4.39. The van der Waals surface area contributed by atoms with Gasteiger partial charge in [0.2, 0.25) is 0 Å². The molecule has 1 heterocycles. The van der Waals surface area contributed by atoms with Gasteiger partial charge in [-0.05, 0) is 44.2 Å². The molecule has 1 saturated carbocycles. The fourth-order valence-electron chi connectivity index (χ4n) is 2.95. The summed E-state index contributed by atoms with van der Waals surface area (Å²) in [7, 11) is 0. The van der Waals surface area contributed by atoms with E-state index in [1.54, 1.807) is 0 Å². The highest BCUT2D eigenvalue weighted by atomic mass is 16.4. The van der Waals surface area contributed by atoms with Crippen LogP contribution in [0, 0.1) is 23.2 Å². The summed E-state index contributed by atoms with van der Waals surface area (Å²) in [6.07, 6.45) is 5.99. The number of carbonyl (C=O) groups is 1. The molecule has 1 saturated heterocycles. The molecule has 0 atom stereocenters. The molecule has 0 bridgehead atoms. The standard InChI is InChI=1S/C15H23NO2/c1-3-15(2)6-8-16(9-7-15)13-10-12(11-13)4-5-14(17)18/h12-13H,3,6-11H2,1-2H3,(H,17,18). The first-order chi connectivity index (χ1) is 8.52. The first-order valence-corrected chi connectivity index (χ1v) is 7.01. The monoisotopic (exact) mass is 249 g/mol. The van der Waals surface area contributed by atoms with E-state index in [-0.39, 0.29) is 0 Å². The SMILES string of the molecule is CCC1(C)CCN(C2CC(C#CC(=O)O)C2)CC1. The molecule has 2 rings (SSSR count). The highest BCUT2D eigenvalue weighted by Gasteiger charge is 2.36. The highest BCUT2D eigenvalue weighted by Crippen LogP contribution is 2.38. The lowest BCUT2D eigenvalue weighted by Gasteiger charge is -2.47. The summed E-state index contributed by atoms with van der Waals surface area (Å²) in [4.78, 5) is 12.9. The Kier molecular flexibility index (Phi) is 3.97. The largest absolute Gasteiger partial charge is 0.472 e. The van der Waals surface area contributed by atoms with Crippen molar-refractivity contribution in [3.05, 3.63) is 0 Å². The van der Waals surface area contributed by atoms with Gasteiger partial charge in [-0.2, -0.15) is 0 Å². The Morgan fingerprint density at radius 1 is 1.39 bits per heavy atom. The van der Waals surface area contributed by atoms with Gasteiger partial charge in [-0.1, -0.05) is 26.2 Å². The molecular formula is C15H23NO2. The van der Waals surface area contributed by atoms with Gasteiger partial charge in [-0.25, -0.2) is 4.79 Å². The summed E-state index contributed by atoms with van der Waals surface area (Å²) < 4.78 is 0. The zero-order valence-electron chi connectivity index (χ0n) is 11.4. The van der Waals surface area contributed by atoms with Gasteiger partial charge < -0.3 is 10.0 Å². The van der Waals surface area contributed by atoms with E-state index in [0.717, 1.165) is 12.8 Å². The third-order valence-electron chi connectivity index (χ3n) is 4.87. The average Bonchev–Trinajstić information content (AvgIpc) is 2.29. The number of aliphatic carboxylic acids is 1. The summed E-state index contributed by atoms with van der Waals surface area (Å²) in [6, 6.07) is 0.652. The van der Waals surface area contributed by atoms with Crippen molar-refractivity contribution in [2.24, 2.45) is 11.3 Å². The fourth-order valence-corrected chi connectivity index (χ4v) is 2.95. The maximum atomic E-state index is 10.3. The van der Waals surface area contributed by atoms with Crippen molar-refractivity contribution in [2.75, 3.05) is 13.1 Å². The van der Waals surface area contributed by atoms with Crippen molar-refractivity contribution >= 4 is 5.97 Å². The number of rotatable bonds is 2. The van der Waals surface area contributed by atoms with Crippen LogP contribution in [-0.4, -0.2) is 35.1 Å². The molecular weight excluding hydrogens is 226 g/mol. The molecule has 3 nitrogen and oxygen atoms in total. The third kappa shape index (κ3) is 3.05. The van der Waals surface area contributed by atoms with Gasteiger partial charge in [0, 0.05) is 17.9 Å². The topological polar surface area (TPSA) is 40.5 Å². The first-order valence-electron chi connectivity index (χ1n) is 7.01. The van der Waals surface area contributed by atoms with Gasteiger partial charge in [0.05, 0.1) is 0 Å².